The lowest BCUT2D eigenvalue weighted by atomic mass is 10.1. The van der Waals surface area contributed by atoms with Crippen molar-refractivity contribution in [1.82, 2.24) is 0 Å². The molecule has 4 nitrogen and oxygen atoms in total. The molecule has 0 aromatic carbocycles. The Bertz CT molecular complexity index is 293. The Labute approximate surface area is 129 Å². The third kappa shape index (κ3) is 10.3. The van der Waals surface area contributed by atoms with E-state index in [1.807, 2.05) is 20.8 Å². The summed E-state index contributed by atoms with van der Waals surface area (Å²) in [4.78, 5) is 23.3. The molecule has 0 fully saturated rings. The van der Waals surface area contributed by atoms with E-state index in [1.165, 1.54) is 0 Å². The van der Waals surface area contributed by atoms with Crippen LogP contribution >= 0.6 is 0 Å². The Balaban J connectivity index is 3.89. The summed E-state index contributed by atoms with van der Waals surface area (Å²) >= 11 is 0. The highest BCUT2D eigenvalue weighted by Crippen LogP contribution is 2.12. The highest BCUT2D eigenvalue weighted by molar-refractivity contribution is 5.72. The highest BCUT2D eigenvalue weighted by Gasteiger charge is 2.15. The quantitative estimate of drug-likeness (QED) is 0.535. The molecule has 0 aromatic heterocycles. The van der Waals surface area contributed by atoms with Crippen molar-refractivity contribution >= 4 is 11.9 Å². The molecule has 0 aliphatic heterocycles. The van der Waals surface area contributed by atoms with E-state index in [4.69, 9.17) is 9.47 Å². The average molecular weight is 300 g/mol. The lowest BCUT2D eigenvalue weighted by Crippen LogP contribution is -2.21. The van der Waals surface area contributed by atoms with Gasteiger partial charge in [-0.25, -0.2) is 0 Å². The molecule has 1 unspecified atom stereocenters. The van der Waals surface area contributed by atoms with Crippen molar-refractivity contribution in [2.24, 2.45) is 5.92 Å². The molecule has 0 aromatic rings. The van der Waals surface area contributed by atoms with E-state index in [2.05, 4.69) is 13.8 Å². The number of esters is 2. The van der Waals surface area contributed by atoms with Crippen LogP contribution in [0.3, 0.4) is 0 Å². The van der Waals surface area contributed by atoms with Crippen LogP contribution in [0.2, 0.25) is 0 Å². The summed E-state index contributed by atoms with van der Waals surface area (Å²) in [6.07, 6.45) is 4.85. The van der Waals surface area contributed by atoms with E-state index in [9.17, 15) is 9.59 Å². The van der Waals surface area contributed by atoms with E-state index < -0.39 is 0 Å². The summed E-state index contributed by atoms with van der Waals surface area (Å²) in [6, 6.07) is 0. The van der Waals surface area contributed by atoms with Crippen LogP contribution in [0.15, 0.2) is 0 Å². The van der Waals surface area contributed by atoms with Crippen LogP contribution in [0.4, 0.5) is 0 Å². The summed E-state index contributed by atoms with van der Waals surface area (Å²) < 4.78 is 10.7. The minimum Gasteiger partial charge on any atom is -0.462 e. The first kappa shape index (κ1) is 19.9. The molecule has 1 atom stereocenters. The molecule has 0 saturated carbocycles. The lowest BCUT2D eigenvalue weighted by Gasteiger charge is -2.17. The summed E-state index contributed by atoms with van der Waals surface area (Å²) in [6.45, 7) is 10.1. The van der Waals surface area contributed by atoms with Gasteiger partial charge in [0.2, 0.25) is 0 Å². The maximum absolute atomic E-state index is 11.7. The van der Waals surface area contributed by atoms with Gasteiger partial charge in [0.1, 0.15) is 12.2 Å². The van der Waals surface area contributed by atoms with Crippen LogP contribution in [0.5, 0.6) is 0 Å². The largest absolute Gasteiger partial charge is 0.462 e. The first-order valence-corrected chi connectivity index (χ1v) is 8.29. The van der Waals surface area contributed by atoms with Crippen molar-refractivity contribution in [2.45, 2.75) is 91.8 Å². The maximum atomic E-state index is 11.7. The van der Waals surface area contributed by atoms with E-state index in [0.29, 0.717) is 12.3 Å². The number of carbonyl (C=O) groups is 2. The van der Waals surface area contributed by atoms with Gasteiger partial charge < -0.3 is 9.47 Å². The molecule has 0 radical (unpaired) electrons. The second-order valence-corrected chi connectivity index (χ2v) is 5.98. The van der Waals surface area contributed by atoms with Crippen molar-refractivity contribution in [1.29, 1.82) is 0 Å². The monoisotopic (exact) mass is 300 g/mol. The predicted octanol–water partition coefficient (Wildman–Crippen LogP) is 4.26. The predicted molar refractivity (Wildman–Crippen MR) is 83.9 cm³/mol. The molecule has 0 amide bonds. The van der Waals surface area contributed by atoms with Gasteiger partial charge in [0.15, 0.2) is 0 Å². The molecular weight excluding hydrogens is 268 g/mol. The molecule has 0 aliphatic rings. The molecule has 4 heteroatoms. The first-order valence-electron chi connectivity index (χ1n) is 8.29. The summed E-state index contributed by atoms with van der Waals surface area (Å²) in [5.41, 5.74) is 0. The van der Waals surface area contributed by atoms with Gasteiger partial charge in [-0.15, -0.1) is 0 Å². The Morgan fingerprint density at radius 1 is 0.857 bits per heavy atom. The molecule has 0 saturated heterocycles. The first-order chi connectivity index (χ1) is 9.90. The second kappa shape index (κ2) is 11.6. The Hall–Kier alpha value is -1.06. The van der Waals surface area contributed by atoms with Crippen LogP contribution in [0.25, 0.3) is 0 Å². The Morgan fingerprint density at radius 2 is 1.33 bits per heavy atom. The summed E-state index contributed by atoms with van der Waals surface area (Å²) in [5, 5.41) is 0. The van der Waals surface area contributed by atoms with E-state index in [-0.39, 0.29) is 37.0 Å². The lowest BCUT2D eigenvalue weighted by molar-refractivity contribution is -0.151. The van der Waals surface area contributed by atoms with Crippen molar-refractivity contribution in [3.05, 3.63) is 0 Å². The van der Waals surface area contributed by atoms with E-state index in [0.717, 1.165) is 25.7 Å². The zero-order chi connectivity index (χ0) is 16.3. The fourth-order valence-electron chi connectivity index (χ4n) is 1.93. The molecular formula is C17H32O4. The SMILES string of the molecule is CCCC(CCC)OC(=O)CCCC(=O)OC(C)C(C)C. The van der Waals surface area contributed by atoms with Crippen LogP contribution in [0.1, 0.15) is 79.6 Å². The van der Waals surface area contributed by atoms with Gasteiger partial charge in [0.05, 0.1) is 0 Å². The summed E-state index contributed by atoms with van der Waals surface area (Å²) in [5.74, 6) is -0.128. The van der Waals surface area contributed by atoms with Crippen LogP contribution in [-0.2, 0) is 19.1 Å². The maximum Gasteiger partial charge on any atom is 0.306 e. The normalized spacial score (nSPS) is 12.5. The topological polar surface area (TPSA) is 52.6 Å². The van der Waals surface area contributed by atoms with Gasteiger partial charge in [-0.1, -0.05) is 40.5 Å². The zero-order valence-electron chi connectivity index (χ0n) is 14.3. The Morgan fingerprint density at radius 3 is 1.76 bits per heavy atom. The van der Waals surface area contributed by atoms with Crippen molar-refractivity contribution in [2.75, 3.05) is 0 Å². The van der Waals surface area contributed by atoms with E-state index in [1.54, 1.807) is 0 Å². The minimum atomic E-state index is -0.234. The van der Waals surface area contributed by atoms with Crippen molar-refractivity contribution in [3.63, 3.8) is 0 Å². The number of carbonyl (C=O) groups excluding carboxylic acids is 2. The van der Waals surface area contributed by atoms with Crippen molar-refractivity contribution < 1.29 is 19.1 Å². The number of hydrogen-bond donors (Lipinski definition) is 0. The minimum absolute atomic E-state index is 0.0282. The third-order valence-electron chi connectivity index (χ3n) is 3.54. The van der Waals surface area contributed by atoms with Crippen LogP contribution < -0.4 is 0 Å². The second-order valence-electron chi connectivity index (χ2n) is 5.98. The zero-order valence-corrected chi connectivity index (χ0v) is 14.3. The van der Waals surface area contributed by atoms with Gasteiger partial charge in [-0.05, 0) is 32.1 Å². The third-order valence-corrected chi connectivity index (χ3v) is 3.54. The van der Waals surface area contributed by atoms with Crippen LogP contribution in [0, 0.1) is 5.92 Å². The van der Waals surface area contributed by atoms with Gasteiger partial charge in [-0.2, -0.15) is 0 Å². The number of ether oxygens (including phenoxy) is 2. The van der Waals surface area contributed by atoms with Gasteiger partial charge in [0.25, 0.3) is 0 Å². The van der Waals surface area contributed by atoms with Gasteiger partial charge >= 0.3 is 11.9 Å². The Kier molecular flexibility index (Phi) is 11.0. The standard InChI is InChI=1S/C17H32O4/c1-6-9-15(10-7-2)21-17(19)12-8-11-16(18)20-14(5)13(3)4/h13-15H,6-12H2,1-5H3. The molecule has 0 heterocycles. The summed E-state index contributed by atoms with van der Waals surface area (Å²) in [7, 11) is 0. The molecule has 0 spiro atoms. The highest BCUT2D eigenvalue weighted by atomic mass is 16.5. The number of rotatable bonds is 11. The van der Waals surface area contributed by atoms with Gasteiger partial charge in [0, 0.05) is 12.8 Å². The molecule has 124 valence electrons. The van der Waals surface area contributed by atoms with Crippen LogP contribution in [-0.4, -0.2) is 24.1 Å². The molecule has 0 N–H and O–H groups in total. The number of hydrogen-bond acceptors (Lipinski definition) is 4. The molecule has 0 bridgehead atoms. The van der Waals surface area contributed by atoms with Crippen molar-refractivity contribution in [3.8, 4) is 0 Å². The molecule has 0 aliphatic carbocycles. The van der Waals surface area contributed by atoms with E-state index >= 15 is 0 Å². The van der Waals surface area contributed by atoms with Gasteiger partial charge in [-0.3, -0.25) is 9.59 Å². The molecule has 0 rings (SSSR count). The average Bonchev–Trinajstić information content (AvgIpc) is 2.38. The fourth-order valence-corrected chi connectivity index (χ4v) is 1.93. The molecule has 21 heavy (non-hydrogen) atoms. The fraction of sp³-hybridized carbons (Fsp3) is 0.882. The smallest absolute Gasteiger partial charge is 0.306 e.